The minimum atomic E-state index is 1.08. The number of aromatic nitrogens is 3. The van der Waals surface area contributed by atoms with Crippen LogP contribution in [0.2, 0.25) is 0 Å². The summed E-state index contributed by atoms with van der Waals surface area (Å²) in [5.41, 5.74) is 7.48. The highest BCUT2D eigenvalue weighted by Crippen LogP contribution is 2.37. The Bertz CT molecular complexity index is 1020. The monoisotopic (exact) mass is 299 g/mol. The number of nitrogens with one attached hydrogen (secondary N) is 1. The van der Waals surface area contributed by atoms with Crippen LogP contribution in [0.4, 0.5) is 0 Å². The van der Waals surface area contributed by atoms with Crippen molar-refractivity contribution in [2.45, 2.75) is 25.7 Å². The lowest BCUT2D eigenvalue weighted by Crippen LogP contribution is -2.07. The Morgan fingerprint density at radius 2 is 1.70 bits per heavy atom. The molecule has 0 saturated heterocycles. The average Bonchev–Trinajstić information content (AvgIpc) is 3.10. The van der Waals surface area contributed by atoms with E-state index < -0.39 is 0 Å². The zero-order chi connectivity index (χ0) is 15.2. The minimum absolute atomic E-state index is 1.08. The molecule has 0 radical (unpaired) electrons. The van der Waals surface area contributed by atoms with Crippen molar-refractivity contribution < 1.29 is 0 Å². The maximum atomic E-state index is 5.05. The molecule has 0 saturated carbocycles. The normalized spacial score (nSPS) is 14.3. The lowest BCUT2D eigenvalue weighted by atomic mass is 9.85. The summed E-state index contributed by atoms with van der Waals surface area (Å²) in [6, 6.07) is 14.8. The third kappa shape index (κ3) is 1.89. The van der Waals surface area contributed by atoms with Gasteiger partial charge in [0.25, 0.3) is 0 Å². The van der Waals surface area contributed by atoms with Crippen LogP contribution in [-0.4, -0.2) is 15.2 Å². The van der Waals surface area contributed by atoms with Crippen LogP contribution in [0.1, 0.15) is 24.0 Å². The van der Waals surface area contributed by atoms with Crippen LogP contribution in [0.15, 0.2) is 48.7 Å². The van der Waals surface area contributed by atoms with Gasteiger partial charge in [-0.1, -0.05) is 30.3 Å². The van der Waals surface area contributed by atoms with E-state index in [-0.39, 0.29) is 0 Å². The molecule has 5 rings (SSSR count). The van der Waals surface area contributed by atoms with Gasteiger partial charge >= 0.3 is 0 Å². The molecule has 0 aliphatic heterocycles. The fourth-order valence-electron chi connectivity index (χ4n) is 3.88. The number of fused-ring (bicyclic) bond motifs is 5. The highest BCUT2D eigenvalue weighted by molar-refractivity contribution is 6.07. The lowest BCUT2D eigenvalue weighted by molar-refractivity contribution is 0.689. The number of hydrogen-bond donors (Lipinski definition) is 1. The predicted octanol–water partition coefficient (Wildman–Crippen LogP) is 4.66. The number of aryl methyl sites for hydroxylation is 1. The highest BCUT2D eigenvalue weighted by Gasteiger charge is 2.20. The molecule has 0 fully saturated rings. The number of H-pyrrole nitrogens is 1. The lowest BCUT2D eigenvalue weighted by Gasteiger charge is -2.21. The number of nitrogens with zero attached hydrogens (tertiary/aromatic N) is 2. The van der Waals surface area contributed by atoms with Gasteiger partial charge in [-0.15, -0.1) is 0 Å². The van der Waals surface area contributed by atoms with E-state index >= 15 is 0 Å². The molecule has 1 N–H and O–H groups in total. The second-order valence-corrected chi connectivity index (χ2v) is 6.28. The van der Waals surface area contributed by atoms with Gasteiger partial charge in [0.05, 0.1) is 22.9 Å². The molecule has 2 aromatic carbocycles. The molecular weight excluding hydrogens is 282 g/mol. The van der Waals surface area contributed by atoms with Gasteiger partial charge in [0.15, 0.2) is 0 Å². The Kier molecular flexibility index (Phi) is 2.74. The van der Waals surface area contributed by atoms with E-state index in [0.29, 0.717) is 0 Å². The van der Waals surface area contributed by atoms with Crippen molar-refractivity contribution in [3.05, 3.63) is 59.8 Å². The first-order valence-corrected chi connectivity index (χ1v) is 8.25. The molecule has 3 nitrogen and oxygen atoms in total. The van der Waals surface area contributed by atoms with Crippen LogP contribution in [0.5, 0.6) is 0 Å². The number of hydrogen-bond acceptors (Lipinski definition) is 2. The van der Waals surface area contributed by atoms with Gasteiger partial charge < -0.3 is 0 Å². The maximum absolute atomic E-state index is 5.05. The number of benzene rings is 2. The summed E-state index contributed by atoms with van der Waals surface area (Å²) in [5.74, 6) is 0. The van der Waals surface area contributed by atoms with Crippen LogP contribution in [0.25, 0.3) is 33.1 Å². The summed E-state index contributed by atoms with van der Waals surface area (Å²) in [7, 11) is 0. The molecule has 0 unspecified atom stereocenters. The first-order chi connectivity index (χ1) is 11.4. The van der Waals surface area contributed by atoms with Crippen molar-refractivity contribution in [2.75, 3.05) is 0 Å². The number of rotatable bonds is 1. The van der Waals surface area contributed by atoms with Crippen molar-refractivity contribution in [1.82, 2.24) is 15.2 Å². The van der Waals surface area contributed by atoms with Gasteiger partial charge in [-0.2, -0.15) is 5.10 Å². The second kappa shape index (κ2) is 4.92. The fourth-order valence-corrected chi connectivity index (χ4v) is 3.88. The molecule has 0 spiro atoms. The molecule has 4 aromatic rings. The third-order valence-corrected chi connectivity index (χ3v) is 4.94. The van der Waals surface area contributed by atoms with Crippen molar-refractivity contribution in [2.24, 2.45) is 0 Å². The predicted molar refractivity (Wildman–Crippen MR) is 93.5 cm³/mol. The Morgan fingerprint density at radius 1 is 0.870 bits per heavy atom. The maximum Gasteiger partial charge on any atom is 0.0744 e. The van der Waals surface area contributed by atoms with E-state index in [1.807, 2.05) is 6.20 Å². The molecule has 2 heterocycles. The van der Waals surface area contributed by atoms with E-state index in [1.165, 1.54) is 40.3 Å². The Morgan fingerprint density at radius 3 is 2.57 bits per heavy atom. The molecule has 0 atom stereocenters. The summed E-state index contributed by atoms with van der Waals surface area (Å²) in [5, 5.41) is 9.81. The quantitative estimate of drug-likeness (QED) is 0.555. The zero-order valence-corrected chi connectivity index (χ0v) is 12.8. The highest BCUT2D eigenvalue weighted by atomic mass is 15.1. The Balaban J connectivity index is 1.92. The van der Waals surface area contributed by atoms with Crippen LogP contribution in [0, 0.1) is 0 Å². The van der Waals surface area contributed by atoms with E-state index in [2.05, 4.69) is 52.7 Å². The molecule has 3 heteroatoms. The smallest absolute Gasteiger partial charge is 0.0744 e. The van der Waals surface area contributed by atoms with Gasteiger partial charge in [0, 0.05) is 16.3 Å². The van der Waals surface area contributed by atoms with Crippen LogP contribution < -0.4 is 0 Å². The van der Waals surface area contributed by atoms with E-state index in [1.54, 1.807) is 0 Å². The zero-order valence-electron chi connectivity index (χ0n) is 12.8. The Labute approximate surface area is 134 Å². The van der Waals surface area contributed by atoms with Gasteiger partial charge in [-0.25, -0.2) is 4.98 Å². The van der Waals surface area contributed by atoms with Gasteiger partial charge in [-0.3, -0.25) is 5.10 Å². The first-order valence-electron chi connectivity index (χ1n) is 8.25. The van der Waals surface area contributed by atoms with Gasteiger partial charge in [-0.05, 0) is 48.9 Å². The van der Waals surface area contributed by atoms with Crippen LogP contribution in [0.3, 0.4) is 0 Å². The van der Waals surface area contributed by atoms with Crippen molar-refractivity contribution in [3.8, 4) is 11.3 Å². The molecule has 0 amide bonds. The van der Waals surface area contributed by atoms with Gasteiger partial charge in [0.1, 0.15) is 0 Å². The summed E-state index contributed by atoms with van der Waals surface area (Å²) < 4.78 is 0. The molecule has 0 bridgehead atoms. The number of pyridine rings is 1. The van der Waals surface area contributed by atoms with Crippen molar-refractivity contribution >= 4 is 21.8 Å². The topological polar surface area (TPSA) is 41.6 Å². The summed E-state index contributed by atoms with van der Waals surface area (Å²) in [6.07, 6.45) is 6.71. The summed E-state index contributed by atoms with van der Waals surface area (Å²) >= 11 is 0. The molecule has 1 aliphatic rings. The largest absolute Gasteiger partial charge is 0.278 e. The molecule has 112 valence electrons. The summed E-state index contributed by atoms with van der Waals surface area (Å²) in [4.78, 5) is 5.05. The fraction of sp³-hybridized carbons (Fsp3) is 0.200. The van der Waals surface area contributed by atoms with E-state index in [9.17, 15) is 0 Å². The van der Waals surface area contributed by atoms with Crippen LogP contribution in [-0.2, 0) is 12.8 Å². The third-order valence-electron chi connectivity index (χ3n) is 4.94. The second-order valence-electron chi connectivity index (χ2n) is 6.28. The van der Waals surface area contributed by atoms with Gasteiger partial charge in [0.2, 0.25) is 0 Å². The average molecular weight is 299 g/mol. The SMILES string of the molecule is c1ccc(-c2nc3ccc4[nH]ncc4c3c3c2CCCC3)cc1. The van der Waals surface area contributed by atoms with Crippen LogP contribution >= 0.6 is 0 Å². The standard InChI is InChI=1S/C20H17N3/c1-2-6-13(7-3-1)20-15-9-5-4-8-14(15)19-16-12-21-23-17(16)10-11-18(19)22-20/h1-3,6-7,10-12H,4-5,8-9H2,(H,21,23). The Hall–Kier alpha value is -2.68. The minimum Gasteiger partial charge on any atom is -0.278 e. The number of aromatic amines is 1. The molecule has 23 heavy (non-hydrogen) atoms. The molecule has 2 aromatic heterocycles. The molecule has 1 aliphatic carbocycles. The van der Waals surface area contributed by atoms with E-state index in [0.717, 1.165) is 29.6 Å². The van der Waals surface area contributed by atoms with Crippen molar-refractivity contribution in [1.29, 1.82) is 0 Å². The first kappa shape index (κ1) is 12.8. The van der Waals surface area contributed by atoms with Crippen molar-refractivity contribution in [3.63, 3.8) is 0 Å². The van der Waals surface area contributed by atoms with E-state index in [4.69, 9.17) is 4.98 Å². The summed E-state index contributed by atoms with van der Waals surface area (Å²) in [6.45, 7) is 0. The molecular formula is C20H17N3.